The number of nitrogens with zero attached hydrogens (tertiary/aromatic N) is 3. The van der Waals surface area contributed by atoms with Gasteiger partial charge in [-0.2, -0.15) is 10.4 Å². The molecule has 0 saturated carbocycles. The number of carbonyl (C=O) groups is 1. The molecule has 2 rings (SSSR count). The van der Waals surface area contributed by atoms with E-state index in [2.05, 4.69) is 5.10 Å². The van der Waals surface area contributed by atoms with Crippen molar-refractivity contribution < 1.29 is 4.79 Å². The number of nitriles is 1. The number of rotatable bonds is 3. The summed E-state index contributed by atoms with van der Waals surface area (Å²) in [5, 5.41) is 14.4. The number of amides is 1. The van der Waals surface area contributed by atoms with Crippen LogP contribution in [0.1, 0.15) is 18.9 Å². The van der Waals surface area contributed by atoms with Crippen molar-refractivity contribution >= 4 is 17.3 Å². The molecule has 0 aliphatic carbocycles. The molecule has 0 bridgehead atoms. The highest BCUT2D eigenvalue weighted by Gasteiger charge is 2.33. The Morgan fingerprint density at radius 2 is 2.11 bits per heavy atom. The highest BCUT2D eigenvalue weighted by Crippen LogP contribution is 2.25. The van der Waals surface area contributed by atoms with Crippen LogP contribution in [0.5, 0.6) is 0 Å². The molecule has 1 aliphatic rings. The van der Waals surface area contributed by atoms with Crippen LogP contribution in [-0.2, 0) is 4.79 Å². The van der Waals surface area contributed by atoms with Gasteiger partial charge in [0.25, 0.3) is 5.91 Å². The number of benzene rings is 1. The molecule has 92 valence electrons. The summed E-state index contributed by atoms with van der Waals surface area (Å²) in [4.78, 5) is 12.2. The smallest absolute Gasteiger partial charge is 0.256 e. The quantitative estimate of drug-likeness (QED) is 0.865. The monoisotopic (exact) mass is 242 g/mol. The predicted molar refractivity (Wildman–Crippen MR) is 68.9 cm³/mol. The first-order valence-corrected chi connectivity index (χ1v) is 5.76. The maximum Gasteiger partial charge on any atom is 0.256 e. The van der Waals surface area contributed by atoms with Crippen LogP contribution in [-0.4, -0.2) is 18.2 Å². The third-order valence-corrected chi connectivity index (χ3v) is 2.97. The van der Waals surface area contributed by atoms with Crippen molar-refractivity contribution in [3.8, 4) is 6.07 Å². The van der Waals surface area contributed by atoms with Crippen molar-refractivity contribution in [2.45, 2.75) is 13.3 Å². The fourth-order valence-electron chi connectivity index (χ4n) is 1.96. The zero-order valence-electron chi connectivity index (χ0n) is 10.1. The summed E-state index contributed by atoms with van der Waals surface area (Å²) in [5.74, 6) is -0.270. The number of hydrogen-bond donors (Lipinski definition) is 1. The fraction of sp³-hybridized carbons (Fsp3) is 0.308. The van der Waals surface area contributed by atoms with Crippen LogP contribution >= 0.6 is 0 Å². The first-order chi connectivity index (χ1) is 8.67. The Bertz CT molecular complexity index is 527. The van der Waals surface area contributed by atoms with Gasteiger partial charge in [-0.15, -0.1) is 0 Å². The van der Waals surface area contributed by atoms with Gasteiger partial charge in [-0.1, -0.05) is 0 Å². The number of nitrogens with two attached hydrogens (primary N) is 1. The van der Waals surface area contributed by atoms with Crippen molar-refractivity contribution in [1.82, 2.24) is 0 Å². The molecule has 0 fully saturated rings. The van der Waals surface area contributed by atoms with E-state index in [-0.39, 0.29) is 11.8 Å². The lowest BCUT2D eigenvalue weighted by Gasteiger charge is -2.13. The van der Waals surface area contributed by atoms with Gasteiger partial charge in [-0.05, 0) is 44.2 Å². The molecule has 2 N–H and O–H groups in total. The molecule has 1 atom stereocenters. The Hall–Kier alpha value is -2.19. The van der Waals surface area contributed by atoms with E-state index in [1.165, 1.54) is 5.01 Å². The van der Waals surface area contributed by atoms with Gasteiger partial charge in [0, 0.05) is 5.71 Å². The molecule has 1 amide bonds. The Morgan fingerprint density at radius 3 is 2.67 bits per heavy atom. The SMILES string of the molecule is CC1=NN(c2ccc(C#N)cc2)C(=O)C1CCN. The number of carbonyl (C=O) groups excluding carboxylic acids is 1. The zero-order valence-corrected chi connectivity index (χ0v) is 10.1. The number of hydrazone groups is 1. The van der Waals surface area contributed by atoms with Crippen LogP contribution in [0.25, 0.3) is 0 Å². The molecule has 5 heteroatoms. The standard InChI is InChI=1S/C13H14N4O/c1-9-12(6-7-14)13(18)17(16-9)11-4-2-10(8-15)3-5-11/h2-5,12H,6-7,14H2,1H3. The molecule has 1 aromatic carbocycles. The molecule has 0 aromatic heterocycles. The Morgan fingerprint density at radius 1 is 1.44 bits per heavy atom. The summed E-state index contributed by atoms with van der Waals surface area (Å²) >= 11 is 0. The molecule has 0 radical (unpaired) electrons. The van der Waals surface area contributed by atoms with Gasteiger partial charge < -0.3 is 5.73 Å². The second-order valence-corrected chi connectivity index (χ2v) is 4.18. The van der Waals surface area contributed by atoms with E-state index in [9.17, 15) is 4.79 Å². The Labute approximate surface area is 105 Å². The second-order valence-electron chi connectivity index (χ2n) is 4.18. The Balaban J connectivity index is 2.25. The van der Waals surface area contributed by atoms with Crippen LogP contribution in [0.2, 0.25) is 0 Å². The van der Waals surface area contributed by atoms with Crippen LogP contribution in [0.3, 0.4) is 0 Å². The lowest BCUT2D eigenvalue weighted by Crippen LogP contribution is -2.28. The molecular formula is C13H14N4O. The van der Waals surface area contributed by atoms with Crippen molar-refractivity contribution in [2.24, 2.45) is 16.8 Å². The third-order valence-electron chi connectivity index (χ3n) is 2.97. The molecule has 1 unspecified atom stereocenters. The molecule has 0 saturated heterocycles. The molecule has 1 aliphatic heterocycles. The summed E-state index contributed by atoms with van der Waals surface area (Å²) in [6.07, 6.45) is 0.612. The van der Waals surface area contributed by atoms with E-state index in [0.29, 0.717) is 24.2 Å². The zero-order chi connectivity index (χ0) is 13.1. The van der Waals surface area contributed by atoms with Gasteiger partial charge in [-0.3, -0.25) is 4.79 Å². The predicted octanol–water partition coefficient (Wildman–Crippen LogP) is 1.25. The third kappa shape index (κ3) is 2.11. The van der Waals surface area contributed by atoms with Gasteiger partial charge in [-0.25, -0.2) is 5.01 Å². The molecule has 5 nitrogen and oxygen atoms in total. The second kappa shape index (κ2) is 4.98. The van der Waals surface area contributed by atoms with Crippen LogP contribution in [0, 0.1) is 17.2 Å². The normalized spacial score (nSPS) is 18.7. The first-order valence-electron chi connectivity index (χ1n) is 5.76. The molecule has 18 heavy (non-hydrogen) atoms. The largest absolute Gasteiger partial charge is 0.330 e. The number of anilines is 1. The van der Waals surface area contributed by atoms with Crippen LogP contribution in [0.15, 0.2) is 29.4 Å². The van der Waals surface area contributed by atoms with Gasteiger partial charge in [0.2, 0.25) is 0 Å². The lowest BCUT2D eigenvalue weighted by atomic mass is 10.0. The van der Waals surface area contributed by atoms with Gasteiger partial charge in [0.05, 0.1) is 23.2 Å². The van der Waals surface area contributed by atoms with E-state index < -0.39 is 0 Å². The lowest BCUT2D eigenvalue weighted by molar-refractivity contribution is -0.119. The minimum Gasteiger partial charge on any atom is -0.330 e. The highest BCUT2D eigenvalue weighted by atomic mass is 16.2. The fourth-order valence-corrected chi connectivity index (χ4v) is 1.96. The molecular weight excluding hydrogens is 228 g/mol. The van der Waals surface area contributed by atoms with Gasteiger partial charge in [0.1, 0.15) is 0 Å². The highest BCUT2D eigenvalue weighted by molar-refractivity contribution is 6.14. The van der Waals surface area contributed by atoms with E-state index >= 15 is 0 Å². The summed E-state index contributed by atoms with van der Waals surface area (Å²) in [6, 6.07) is 8.82. The van der Waals surface area contributed by atoms with E-state index in [1.807, 2.05) is 13.0 Å². The van der Waals surface area contributed by atoms with Gasteiger partial charge >= 0.3 is 0 Å². The number of hydrogen-bond acceptors (Lipinski definition) is 4. The average molecular weight is 242 g/mol. The maximum atomic E-state index is 12.2. The van der Waals surface area contributed by atoms with Crippen molar-refractivity contribution in [1.29, 1.82) is 5.26 Å². The van der Waals surface area contributed by atoms with E-state index in [4.69, 9.17) is 11.0 Å². The van der Waals surface area contributed by atoms with E-state index in [1.54, 1.807) is 24.3 Å². The van der Waals surface area contributed by atoms with Crippen LogP contribution < -0.4 is 10.7 Å². The van der Waals surface area contributed by atoms with Crippen LogP contribution in [0.4, 0.5) is 5.69 Å². The van der Waals surface area contributed by atoms with Crippen molar-refractivity contribution in [2.75, 3.05) is 11.6 Å². The summed E-state index contributed by atoms with van der Waals surface area (Å²) in [6.45, 7) is 2.30. The van der Waals surface area contributed by atoms with Crippen molar-refractivity contribution in [3.63, 3.8) is 0 Å². The average Bonchev–Trinajstić information content (AvgIpc) is 2.67. The first kappa shape index (κ1) is 12.3. The summed E-state index contributed by atoms with van der Waals surface area (Å²) < 4.78 is 0. The maximum absolute atomic E-state index is 12.2. The summed E-state index contributed by atoms with van der Waals surface area (Å²) in [7, 11) is 0. The molecule has 1 aromatic rings. The summed E-state index contributed by atoms with van der Waals surface area (Å²) in [5.41, 5.74) is 7.52. The van der Waals surface area contributed by atoms with Crippen molar-refractivity contribution in [3.05, 3.63) is 29.8 Å². The molecule has 1 heterocycles. The van der Waals surface area contributed by atoms with Gasteiger partial charge in [0.15, 0.2) is 0 Å². The minimum absolute atomic E-state index is 0.0531. The topological polar surface area (TPSA) is 82.5 Å². The minimum atomic E-state index is -0.217. The molecule has 0 spiro atoms. The Kier molecular flexibility index (Phi) is 3.40. The van der Waals surface area contributed by atoms with E-state index in [0.717, 1.165) is 5.71 Å².